The van der Waals surface area contributed by atoms with Gasteiger partial charge in [-0.2, -0.15) is 0 Å². The molecule has 10 heteroatoms. The molecule has 2 aliphatic rings. The summed E-state index contributed by atoms with van der Waals surface area (Å²) in [6.07, 6.45) is 7.54. The Morgan fingerprint density at radius 1 is 1.18 bits per heavy atom. The summed E-state index contributed by atoms with van der Waals surface area (Å²) in [5, 5.41) is 3.68. The van der Waals surface area contributed by atoms with Crippen molar-refractivity contribution >= 4 is 39.9 Å². The van der Waals surface area contributed by atoms with Crippen LogP contribution in [0.1, 0.15) is 38.5 Å². The van der Waals surface area contributed by atoms with Crippen LogP contribution in [0.15, 0.2) is 36.7 Å². The molecule has 8 nitrogen and oxygen atoms in total. The molecule has 0 unspecified atom stereocenters. The van der Waals surface area contributed by atoms with Crippen LogP contribution in [0, 0.1) is 5.82 Å². The van der Waals surface area contributed by atoms with Gasteiger partial charge in [-0.15, -0.1) is 0 Å². The zero-order valence-electron chi connectivity index (χ0n) is 21.9. The lowest BCUT2D eigenvalue weighted by Gasteiger charge is -2.34. The first-order valence-electron chi connectivity index (χ1n) is 13.0. The van der Waals surface area contributed by atoms with Gasteiger partial charge in [0.15, 0.2) is 17.3 Å². The van der Waals surface area contributed by atoms with Gasteiger partial charge < -0.3 is 19.7 Å². The summed E-state index contributed by atoms with van der Waals surface area (Å²) in [4.78, 5) is 26.1. The number of aromatic nitrogens is 2. The topological polar surface area (TPSA) is 79.8 Å². The summed E-state index contributed by atoms with van der Waals surface area (Å²) in [7, 11) is 5.47. The molecule has 1 amide bonds. The highest BCUT2D eigenvalue weighted by Gasteiger charge is 2.39. The molecular weight excluding hydrogens is 509 g/mol. The van der Waals surface area contributed by atoms with Gasteiger partial charge in [-0.25, -0.2) is 14.4 Å². The average Bonchev–Trinajstić information content (AvgIpc) is 3.30. The van der Waals surface area contributed by atoms with Crippen molar-refractivity contribution in [1.29, 1.82) is 0 Å². The van der Waals surface area contributed by atoms with Gasteiger partial charge in [-0.05, 0) is 38.1 Å². The molecule has 2 aromatic carbocycles. The third-order valence-corrected chi connectivity index (χ3v) is 7.98. The first-order chi connectivity index (χ1) is 18.4. The molecule has 38 heavy (non-hydrogen) atoms. The lowest BCUT2D eigenvalue weighted by molar-refractivity contribution is -0.137. The van der Waals surface area contributed by atoms with Crippen LogP contribution in [0.5, 0.6) is 11.5 Å². The quantitative estimate of drug-likeness (QED) is 0.428. The van der Waals surface area contributed by atoms with Crippen LogP contribution < -0.4 is 14.8 Å². The fraction of sp³-hybridized carbons (Fsp3) is 0.464. The summed E-state index contributed by atoms with van der Waals surface area (Å²) >= 11 is 5.95. The van der Waals surface area contributed by atoms with E-state index in [4.69, 9.17) is 21.1 Å². The smallest absolute Gasteiger partial charge is 0.240 e. The summed E-state index contributed by atoms with van der Waals surface area (Å²) < 4.78 is 26.6. The van der Waals surface area contributed by atoms with Gasteiger partial charge in [0.25, 0.3) is 0 Å². The van der Waals surface area contributed by atoms with E-state index in [1.165, 1.54) is 31.7 Å². The molecule has 0 spiro atoms. The largest absolute Gasteiger partial charge is 0.493 e. The lowest BCUT2D eigenvalue weighted by Crippen LogP contribution is -2.47. The standard InChI is InChI=1S/C28H33ClFN5O3/c1-34-15-18(12-23(34)28(36)35(2)17-8-5-4-6-9-17)38-25-13-19-22(14-24(25)37-3)31-16-32-27(19)33-21-11-7-10-20(29)26(21)30/h7,10-11,13-14,16-18,23H,4-6,8-9,12,15H2,1-3H3,(H,31,32,33)/t18-,23-/m0/s1. The second-order valence-electron chi connectivity index (χ2n) is 10.1. The SMILES string of the molecule is COc1cc2ncnc(Nc3cccc(Cl)c3F)c2cc1O[C@H]1C[C@@H](C(=O)N(C)C2CCCCC2)N(C)C1. The number of methoxy groups -OCH3 is 1. The molecule has 2 atom stereocenters. The number of halogens is 2. The van der Waals surface area contributed by atoms with Crippen molar-refractivity contribution in [3.8, 4) is 11.5 Å². The third kappa shape index (κ3) is 5.35. The Morgan fingerprint density at radius 3 is 2.74 bits per heavy atom. The number of nitrogens with zero attached hydrogens (tertiary/aromatic N) is 4. The number of rotatable bonds is 7. The number of fused-ring (bicyclic) bond motifs is 1. The maximum atomic E-state index is 14.6. The Bertz CT molecular complexity index is 1320. The summed E-state index contributed by atoms with van der Waals surface area (Å²) in [6.45, 7) is 0.611. The molecule has 1 saturated carbocycles. The number of anilines is 2. The summed E-state index contributed by atoms with van der Waals surface area (Å²) in [5.41, 5.74) is 0.816. The van der Waals surface area contributed by atoms with E-state index in [0.29, 0.717) is 47.2 Å². The Morgan fingerprint density at radius 2 is 1.97 bits per heavy atom. The molecule has 0 radical (unpaired) electrons. The van der Waals surface area contributed by atoms with Crippen molar-refractivity contribution in [2.45, 2.75) is 56.7 Å². The van der Waals surface area contributed by atoms with Crippen LogP contribution in [0.2, 0.25) is 5.02 Å². The normalized spacial score (nSPS) is 20.4. The lowest BCUT2D eigenvalue weighted by atomic mass is 9.94. The molecule has 1 aliphatic heterocycles. The van der Waals surface area contributed by atoms with Gasteiger partial charge >= 0.3 is 0 Å². The van der Waals surface area contributed by atoms with E-state index in [0.717, 1.165) is 12.8 Å². The fourth-order valence-electron chi connectivity index (χ4n) is 5.53. The highest BCUT2D eigenvalue weighted by atomic mass is 35.5. The number of benzene rings is 2. The van der Waals surface area contributed by atoms with Gasteiger partial charge in [0.2, 0.25) is 5.91 Å². The second-order valence-corrected chi connectivity index (χ2v) is 10.5. The molecular formula is C28H33ClFN5O3. The van der Waals surface area contributed by atoms with Crippen LogP contribution in [0.25, 0.3) is 10.9 Å². The van der Waals surface area contributed by atoms with Crippen molar-refractivity contribution in [3.63, 3.8) is 0 Å². The number of likely N-dealkylation sites (tertiary alicyclic amines) is 1. The number of amides is 1. The summed E-state index contributed by atoms with van der Waals surface area (Å²) in [5.74, 6) is 1.03. The number of nitrogens with one attached hydrogen (secondary N) is 1. The van der Waals surface area contributed by atoms with E-state index in [9.17, 15) is 9.18 Å². The predicted molar refractivity (Wildman–Crippen MR) is 146 cm³/mol. The van der Waals surface area contributed by atoms with Gasteiger partial charge in [0.05, 0.1) is 29.4 Å². The maximum absolute atomic E-state index is 14.6. The minimum atomic E-state index is -0.561. The van der Waals surface area contributed by atoms with Crippen molar-refractivity contribution in [1.82, 2.24) is 19.8 Å². The molecule has 0 bridgehead atoms. The predicted octanol–water partition coefficient (Wildman–Crippen LogP) is 5.42. The fourth-order valence-corrected chi connectivity index (χ4v) is 5.71. The monoisotopic (exact) mass is 541 g/mol. The molecule has 2 fully saturated rings. The average molecular weight is 542 g/mol. The third-order valence-electron chi connectivity index (χ3n) is 7.68. The van der Waals surface area contributed by atoms with Gasteiger partial charge in [0, 0.05) is 37.5 Å². The number of hydrogen-bond acceptors (Lipinski definition) is 7. The molecule has 1 N–H and O–H groups in total. The van der Waals surface area contributed by atoms with Crippen LogP contribution in [-0.4, -0.2) is 71.6 Å². The van der Waals surface area contributed by atoms with E-state index in [1.54, 1.807) is 31.4 Å². The van der Waals surface area contributed by atoms with Gasteiger partial charge in [0.1, 0.15) is 18.2 Å². The van der Waals surface area contributed by atoms with E-state index < -0.39 is 5.82 Å². The first kappa shape index (κ1) is 26.4. The molecule has 1 saturated heterocycles. The number of carbonyl (C=O) groups excluding carboxylic acids is 1. The Hall–Kier alpha value is -3.17. The zero-order valence-corrected chi connectivity index (χ0v) is 22.7. The Kier molecular flexibility index (Phi) is 7.85. The molecule has 1 aromatic heterocycles. The molecule has 1 aliphatic carbocycles. The van der Waals surface area contributed by atoms with Crippen LogP contribution in [0.3, 0.4) is 0 Å². The minimum absolute atomic E-state index is 0.0163. The van der Waals surface area contributed by atoms with Crippen LogP contribution in [0.4, 0.5) is 15.9 Å². The number of carbonyl (C=O) groups is 1. The Balaban J connectivity index is 1.37. The minimum Gasteiger partial charge on any atom is -0.493 e. The second kappa shape index (κ2) is 11.3. The number of likely N-dealkylation sites (N-methyl/N-ethyl adjacent to an activating group) is 2. The van der Waals surface area contributed by atoms with E-state index in [2.05, 4.69) is 20.2 Å². The van der Waals surface area contributed by atoms with E-state index >= 15 is 0 Å². The maximum Gasteiger partial charge on any atom is 0.240 e. The van der Waals surface area contributed by atoms with Crippen LogP contribution in [-0.2, 0) is 4.79 Å². The van der Waals surface area contributed by atoms with Gasteiger partial charge in [-0.3, -0.25) is 9.69 Å². The number of ether oxygens (including phenoxy) is 2. The highest BCUT2D eigenvalue weighted by Crippen LogP contribution is 2.37. The molecule has 5 rings (SSSR count). The zero-order chi connectivity index (χ0) is 26.8. The van der Waals surface area contributed by atoms with Crippen LogP contribution >= 0.6 is 11.6 Å². The van der Waals surface area contributed by atoms with E-state index in [1.807, 2.05) is 19.0 Å². The van der Waals surface area contributed by atoms with E-state index in [-0.39, 0.29) is 28.8 Å². The van der Waals surface area contributed by atoms with Crippen molar-refractivity contribution in [2.75, 3.05) is 33.1 Å². The summed E-state index contributed by atoms with van der Waals surface area (Å²) in [6, 6.07) is 8.39. The molecule has 2 heterocycles. The van der Waals surface area contributed by atoms with Gasteiger partial charge in [-0.1, -0.05) is 36.9 Å². The van der Waals surface area contributed by atoms with Crippen molar-refractivity contribution in [3.05, 3.63) is 47.5 Å². The van der Waals surface area contributed by atoms with Crippen molar-refractivity contribution in [2.24, 2.45) is 0 Å². The highest BCUT2D eigenvalue weighted by molar-refractivity contribution is 6.31. The number of hydrogen-bond donors (Lipinski definition) is 1. The molecule has 3 aromatic rings. The first-order valence-corrected chi connectivity index (χ1v) is 13.4. The van der Waals surface area contributed by atoms with Crippen molar-refractivity contribution < 1.29 is 18.7 Å². The molecule has 202 valence electrons. The Labute approximate surface area is 227 Å².